The number of phenolic OH excluding ortho intramolecular Hbond substituents is 1. The number of rotatable bonds is 7. The van der Waals surface area contributed by atoms with Crippen LogP contribution >= 0.6 is 12.0 Å². The van der Waals surface area contributed by atoms with Crippen LogP contribution in [0, 0.1) is 0 Å². The zero-order chi connectivity index (χ0) is 13.4. The highest BCUT2D eigenvalue weighted by Crippen LogP contribution is 2.10. The van der Waals surface area contributed by atoms with Crippen LogP contribution in [0.2, 0.25) is 0 Å². The van der Waals surface area contributed by atoms with Gasteiger partial charge in [-0.25, -0.2) is 0 Å². The van der Waals surface area contributed by atoms with Crippen LogP contribution in [-0.2, 0) is 11.2 Å². The largest absolute Gasteiger partial charge is 0.508 e. The van der Waals surface area contributed by atoms with Gasteiger partial charge in [-0.3, -0.25) is 4.79 Å². The number of hydrogen-bond donors (Lipinski definition) is 4. The van der Waals surface area contributed by atoms with Crippen molar-refractivity contribution in [2.75, 3.05) is 12.3 Å². The Bertz CT molecular complexity index is 370. The molecule has 1 aromatic rings. The first kappa shape index (κ1) is 14.8. The number of aromatic hydroxyl groups is 1. The summed E-state index contributed by atoms with van der Waals surface area (Å²) in [5.41, 5.74) is 6.68. The van der Waals surface area contributed by atoms with Gasteiger partial charge in [0, 0.05) is 12.3 Å². The monoisotopic (exact) mass is 270 g/mol. The summed E-state index contributed by atoms with van der Waals surface area (Å²) in [6.45, 7) is 0.510. The van der Waals surface area contributed by atoms with E-state index in [9.17, 15) is 4.79 Å². The van der Waals surface area contributed by atoms with Gasteiger partial charge in [-0.2, -0.15) is 0 Å². The number of carbonyl (C=O) groups is 1. The van der Waals surface area contributed by atoms with Gasteiger partial charge in [0.25, 0.3) is 0 Å². The first-order chi connectivity index (χ1) is 8.63. The molecule has 0 bridgehead atoms. The molecule has 5 nitrogen and oxygen atoms in total. The number of nitrogens with one attached hydrogen (secondary N) is 1. The maximum Gasteiger partial charge on any atom is 0.237 e. The summed E-state index contributed by atoms with van der Waals surface area (Å²) in [5.74, 6) is 0.581. The van der Waals surface area contributed by atoms with E-state index < -0.39 is 6.04 Å². The molecular formula is C12H18N2O3S. The van der Waals surface area contributed by atoms with Gasteiger partial charge in [-0.1, -0.05) is 12.1 Å². The smallest absolute Gasteiger partial charge is 0.237 e. The SMILES string of the molecule is NC(Cc1ccc(O)cc1)C(=O)NCCCSO. The van der Waals surface area contributed by atoms with Gasteiger partial charge >= 0.3 is 0 Å². The maximum atomic E-state index is 11.6. The molecular weight excluding hydrogens is 252 g/mol. The third kappa shape index (κ3) is 5.39. The summed E-state index contributed by atoms with van der Waals surface area (Å²) in [6.07, 6.45) is 1.14. The molecule has 0 aliphatic heterocycles. The Balaban J connectivity index is 2.33. The van der Waals surface area contributed by atoms with Crippen LogP contribution in [0.5, 0.6) is 5.75 Å². The lowest BCUT2D eigenvalue weighted by molar-refractivity contribution is -0.122. The zero-order valence-electron chi connectivity index (χ0n) is 10.0. The first-order valence-corrected chi connectivity index (χ1v) is 6.65. The molecule has 5 N–H and O–H groups in total. The second kappa shape index (κ2) is 7.97. The Morgan fingerprint density at radius 3 is 2.67 bits per heavy atom. The van der Waals surface area contributed by atoms with E-state index in [2.05, 4.69) is 5.32 Å². The molecule has 1 rings (SSSR count). The molecule has 0 aliphatic rings. The number of carbonyl (C=O) groups excluding carboxylic acids is 1. The lowest BCUT2D eigenvalue weighted by Crippen LogP contribution is -2.42. The molecule has 1 aromatic carbocycles. The first-order valence-electron chi connectivity index (χ1n) is 5.71. The minimum absolute atomic E-state index is 0.193. The Hall–Kier alpha value is -1.24. The normalized spacial score (nSPS) is 12.1. The zero-order valence-corrected chi connectivity index (χ0v) is 10.8. The Kier molecular flexibility index (Phi) is 6.56. The average molecular weight is 270 g/mol. The third-order valence-corrected chi connectivity index (χ3v) is 2.91. The van der Waals surface area contributed by atoms with Gasteiger partial charge in [0.15, 0.2) is 0 Å². The van der Waals surface area contributed by atoms with Crippen molar-refractivity contribution in [3.63, 3.8) is 0 Å². The van der Waals surface area contributed by atoms with Crippen molar-refractivity contribution in [2.24, 2.45) is 5.73 Å². The van der Waals surface area contributed by atoms with E-state index in [0.29, 0.717) is 25.1 Å². The number of benzene rings is 1. The van der Waals surface area contributed by atoms with E-state index in [-0.39, 0.29) is 11.7 Å². The van der Waals surface area contributed by atoms with Gasteiger partial charge in [0.1, 0.15) is 5.75 Å². The number of phenols is 1. The third-order valence-electron chi connectivity index (χ3n) is 2.44. The summed E-state index contributed by atoms with van der Waals surface area (Å²) in [6, 6.07) is 6.02. The molecule has 1 amide bonds. The Morgan fingerprint density at radius 1 is 1.39 bits per heavy atom. The number of hydrogen-bond acceptors (Lipinski definition) is 5. The Morgan fingerprint density at radius 2 is 2.06 bits per heavy atom. The lowest BCUT2D eigenvalue weighted by atomic mass is 10.1. The molecule has 1 unspecified atom stereocenters. The molecule has 0 spiro atoms. The summed E-state index contributed by atoms with van der Waals surface area (Å²) in [7, 11) is 0. The predicted octanol–water partition coefficient (Wildman–Crippen LogP) is 0.975. The van der Waals surface area contributed by atoms with Crippen LogP contribution in [0.1, 0.15) is 12.0 Å². The molecule has 0 saturated carbocycles. The van der Waals surface area contributed by atoms with E-state index in [1.165, 1.54) is 0 Å². The maximum absolute atomic E-state index is 11.6. The van der Waals surface area contributed by atoms with Crippen LogP contribution in [0.25, 0.3) is 0 Å². The molecule has 1 atom stereocenters. The highest BCUT2D eigenvalue weighted by Gasteiger charge is 2.13. The van der Waals surface area contributed by atoms with Crippen molar-refractivity contribution in [2.45, 2.75) is 18.9 Å². The molecule has 6 heteroatoms. The second-order valence-corrected chi connectivity index (χ2v) is 4.62. The molecule has 18 heavy (non-hydrogen) atoms. The topological polar surface area (TPSA) is 95.6 Å². The summed E-state index contributed by atoms with van der Waals surface area (Å²) < 4.78 is 8.52. The molecule has 0 aromatic heterocycles. The van der Waals surface area contributed by atoms with Crippen LogP contribution in [0.4, 0.5) is 0 Å². The van der Waals surface area contributed by atoms with E-state index in [1.807, 2.05) is 0 Å². The van der Waals surface area contributed by atoms with E-state index in [0.717, 1.165) is 17.6 Å². The minimum atomic E-state index is -0.601. The van der Waals surface area contributed by atoms with E-state index in [1.54, 1.807) is 24.3 Å². The minimum Gasteiger partial charge on any atom is -0.508 e. The predicted molar refractivity (Wildman–Crippen MR) is 72.5 cm³/mol. The molecule has 0 heterocycles. The van der Waals surface area contributed by atoms with Gasteiger partial charge in [-0.05, 0) is 42.6 Å². The standard InChI is InChI=1S/C12H18N2O3S/c13-11(12(16)14-6-1-7-18-17)8-9-2-4-10(15)5-3-9/h2-5,11,15,17H,1,6-8,13H2,(H,14,16). The van der Waals surface area contributed by atoms with Crippen LogP contribution < -0.4 is 11.1 Å². The van der Waals surface area contributed by atoms with Gasteiger partial charge in [0.2, 0.25) is 5.91 Å². The number of nitrogens with two attached hydrogens (primary N) is 1. The molecule has 0 fully saturated rings. The van der Waals surface area contributed by atoms with Crippen LogP contribution in [-0.4, -0.2) is 33.9 Å². The molecule has 0 saturated heterocycles. The quantitative estimate of drug-likeness (QED) is 0.437. The van der Waals surface area contributed by atoms with Crippen molar-refractivity contribution < 1.29 is 14.5 Å². The fourth-order valence-electron chi connectivity index (χ4n) is 1.46. The van der Waals surface area contributed by atoms with Gasteiger partial charge < -0.3 is 20.7 Å². The van der Waals surface area contributed by atoms with Crippen LogP contribution in [0.3, 0.4) is 0 Å². The van der Waals surface area contributed by atoms with Crippen molar-refractivity contribution in [1.29, 1.82) is 0 Å². The van der Waals surface area contributed by atoms with E-state index in [4.69, 9.17) is 15.4 Å². The van der Waals surface area contributed by atoms with Gasteiger partial charge in [0.05, 0.1) is 6.04 Å². The molecule has 100 valence electrons. The summed E-state index contributed by atoms with van der Waals surface area (Å²) >= 11 is 0.759. The fourth-order valence-corrected chi connectivity index (χ4v) is 1.73. The average Bonchev–Trinajstić information content (AvgIpc) is 2.37. The van der Waals surface area contributed by atoms with Crippen molar-refractivity contribution in [1.82, 2.24) is 5.32 Å². The highest BCUT2D eigenvalue weighted by molar-refractivity contribution is 7.93. The van der Waals surface area contributed by atoms with Gasteiger partial charge in [-0.15, -0.1) is 0 Å². The van der Waals surface area contributed by atoms with Crippen molar-refractivity contribution in [3.8, 4) is 5.75 Å². The van der Waals surface area contributed by atoms with E-state index >= 15 is 0 Å². The Labute approximate surface area is 111 Å². The second-order valence-electron chi connectivity index (χ2n) is 3.95. The van der Waals surface area contributed by atoms with Crippen molar-refractivity contribution in [3.05, 3.63) is 29.8 Å². The molecule has 0 aliphatic carbocycles. The number of amides is 1. The van der Waals surface area contributed by atoms with Crippen LogP contribution in [0.15, 0.2) is 24.3 Å². The fraction of sp³-hybridized carbons (Fsp3) is 0.417. The lowest BCUT2D eigenvalue weighted by Gasteiger charge is -2.12. The summed E-state index contributed by atoms with van der Waals surface area (Å²) in [4.78, 5) is 11.6. The van der Waals surface area contributed by atoms with Crippen molar-refractivity contribution >= 4 is 17.9 Å². The summed E-state index contributed by atoms with van der Waals surface area (Å²) in [5, 5.41) is 11.8. The molecule has 0 radical (unpaired) electrons. The highest BCUT2D eigenvalue weighted by atomic mass is 32.2.